The number of nitrogens with one attached hydrogen (secondary N) is 1. The lowest BCUT2D eigenvalue weighted by Gasteiger charge is -2.01. The molecule has 0 saturated heterocycles. The van der Waals surface area contributed by atoms with Crippen LogP contribution in [-0.4, -0.2) is 21.6 Å². The van der Waals surface area contributed by atoms with Gasteiger partial charge in [0.25, 0.3) is 0 Å². The molecule has 0 saturated carbocycles. The van der Waals surface area contributed by atoms with E-state index in [1.807, 2.05) is 0 Å². The second kappa shape index (κ2) is 5.22. The Kier molecular flexibility index (Phi) is 4.22. The van der Waals surface area contributed by atoms with Gasteiger partial charge in [-0.15, -0.1) is 11.6 Å². The van der Waals surface area contributed by atoms with E-state index in [1.165, 1.54) is 10.9 Å². The van der Waals surface area contributed by atoms with Crippen molar-refractivity contribution < 1.29 is 4.79 Å². The fraction of sp³-hybridized carbons (Fsp3) is 0.500. The molecule has 0 aliphatic heterocycles. The Labute approximate surface area is 92.2 Å². The summed E-state index contributed by atoms with van der Waals surface area (Å²) in [4.78, 5) is 11.3. The molecule has 78 valence electrons. The molecule has 0 atom stereocenters. The van der Waals surface area contributed by atoms with E-state index >= 15 is 0 Å². The number of carbonyl (C=O) groups excluding carboxylic acids is 1. The highest BCUT2D eigenvalue weighted by molar-refractivity contribution is 6.32. The number of rotatable bonds is 4. The average molecular weight is 236 g/mol. The topological polar surface area (TPSA) is 46.9 Å². The molecule has 0 aromatic carbocycles. The highest BCUT2D eigenvalue weighted by Gasteiger charge is 2.08. The zero-order valence-corrected chi connectivity index (χ0v) is 9.27. The standard InChI is InChI=1S/C8H11Cl2N3O/c1-13-8(10)6(5-11-13)12-7(14)3-2-4-9/h5H,2-4H2,1H3,(H,12,14). The van der Waals surface area contributed by atoms with E-state index in [2.05, 4.69) is 10.4 Å². The van der Waals surface area contributed by atoms with Gasteiger partial charge in [-0.2, -0.15) is 5.10 Å². The molecule has 1 amide bonds. The minimum Gasteiger partial charge on any atom is -0.322 e. The molecule has 0 unspecified atom stereocenters. The molecule has 1 aromatic heterocycles. The van der Waals surface area contributed by atoms with Crippen LogP contribution in [0.4, 0.5) is 5.69 Å². The molecule has 1 heterocycles. The number of carbonyl (C=O) groups is 1. The van der Waals surface area contributed by atoms with Crippen molar-refractivity contribution >= 4 is 34.8 Å². The molecule has 6 heteroatoms. The van der Waals surface area contributed by atoms with Crippen molar-refractivity contribution in [1.29, 1.82) is 0 Å². The van der Waals surface area contributed by atoms with Crippen LogP contribution in [0.3, 0.4) is 0 Å². The fourth-order valence-electron chi connectivity index (χ4n) is 0.947. The van der Waals surface area contributed by atoms with Crippen LogP contribution in [0.1, 0.15) is 12.8 Å². The van der Waals surface area contributed by atoms with Gasteiger partial charge in [-0.3, -0.25) is 9.48 Å². The number of amides is 1. The minimum absolute atomic E-state index is 0.0967. The van der Waals surface area contributed by atoms with Crippen LogP contribution in [0, 0.1) is 0 Å². The van der Waals surface area contributed by atoms with Crippen molar-refractivity contribution in [2.24, 2.45) is 7.05 Å². The number of hydrogen-bond acceptors (Lipinski definition) is 2. The van der Waals surface area contributed by atoms with Crippen molar-refractivity contribution in [2.75, 3.05) is 11.2 Å². The van der Waals surface area contributed by atoms with E-state index in [1.54, 1.807) is 7.05 Å². The maximum absolute atomic E-state index is 11.3. The molecule has 1 rings (SSSR count). The van der Waals surface area contributed by atoms with Gasteiger partial charge in [0.05, 0.1) is 11.9 Å². The van der Waals surface area contributed by atoms with Gasteiger partial charge in [0.1, 0.15) is 5.15 Å². The molecule has 1 N–H and O–H groups in total. The van der Waals surface area contributed by atoms with Gasteiger partial charge in [-0.1, -0.05) is 11.6 Å². The number of aryl methyl sites for hydroxylation is 1. The summed E-state index contributed by atoms with van der Waals surface area (Å²) in [5.74, 6) is 0.384. The van der Waals surface area contributed by atoms with Crippen molar-refractivity contribution in [3.63, 3.8) is 0 Å². The molecule has 0 radical (unpaired) electrons. The molecule has 0 spiro atoms. The van der Waals surface area contributed by atoms with Gasteiger partial charge in [0.15, 0.2) is 0 Å². The number of nitrogens with zero attached hydrogens (tertiary/aromatic N) is 2. The maximum atomic E-state index is 11.3. The third-order valence-corrected chi connectivity index (χ3v) is 2.39. The fourth-order valence-corrected chi connectivity index (χ4v) is 1.22. The summed E-state index contributed by atoms with van der Waals surface area (Å²) in [6.07, 6.45) is 2.57. The number of anilines is 1. The zero-order chi connectivity index (χ0) is 10.6. The Morgan fingerprint density at radius 1 is 1.71 bits per heavy atom. The number of halogens is 2. The van der Waals surface area contributed by atoms with Crippen LogP contribution in [-0.2, 0) is 11.8 Å². The SMILES string of the molecule is Cn1ncc(NC(=O)CCCCl)c1Cl. The number of alkyl halides is 1. The summed E-state index contributed by atoms with van der Waals surface area (Å²) in [6.45, 7) is 0. The number of aromatic nitrogens is 2. The molecule has 1 aromatic rings. The van der Waals surface area contributed by atoms with E-state index < -0.39 is 0 Å². The van der Waals surface area contributed by atoms with Gasteiger partial charge in [0.2, 0.25) is 5.91 Å². The lowest BCUT2D eigenvalue weighted by molar-refractivity contribution is -0.116. The predicted octanol–water partition coefficient (Wildman–Crippen LogP) is 2.03. The van der Waals surface area contributed by atoms with Gasteiger partial charge < -0.3 is 5.32 Å². The summed E-state index contributed by atoms with van der Waals surface area (Å²) < 4.78 is 1.48. The Balaban J connectivity index is 2.52. The molecule has 0 bridgehead atoms. The van der Waals surface area contributed by atoms with E-state index in [0.29, 0.717) is 29.6 Å². The normalized spacial score (nSPS) is 10.2. The summed E-state index contributed by atoms with van der Waals surface area (Å²) in [5, 5.41) is 6.97. The summed E-state index contributed by atoms with van der Waals surface area (Å²) in [5.41, 5.74) is 0.536. The highest BCUT2D eigenvalue weighted by atomic mass is 35.5. The van der Waals surface area contributed by atoms with Crippen molar-refractivity contribution in [3.8, 4) is 0 Å². The van der Waals surface area contributed by atoms with Gasteiger partial charge in [-0.05, 0) is 6.42 Å². The lowest BCUT2D eigenvalue weighted by atomic mass is 10.3. The van der Waals surface area contributed by atoms with E-state index in [0.717, 1.165) is 0 Å². The molecular formula is C8H11Cl2N3O. The Morgan fingerprint density at radius 3 is 2.93 bits per heavy atom. The second-order valence-electron chi connectivity index (χ2n) is 2.81. The Morgan fingerprint density at radius 2 is 2.43 bits per heavy atom. The van der Waals surface area contributed by atoms with E-state index in [9.17, 15) is 4.79 Å². The van der Waals surface area contributed by atoms with Gasteiger partial charge in [0, 0.05) is 19.3 Å². The van der Waals surface area contributed by atoms with Crippen LogP contribution in [0.15, 0.2) is 6.20 Å². The van der Waals surface area contributed by atoms with Crippen LogP contribution in [0.25, 0.3) is 0 Å². The van der Waals surface area contributed by atoms with Crippen molar-refractivity contribution in [1.82, 2.24) is 9.78 Å². The largest absolute Gasteiger partial charge is 0.322 e. The first-order valence-electron chi connectivity index (χ1n) is 4.18. The van der Waals surface area contributed by atoms with Crippen LogP contribution >= 0.6 is 23.2 Å². The quantitative estimate of drug-likeness (QED) is 0.813. The molecule has 0 fully saturated rings. The molecule has 14 heavy (non-hydrogen) atoms. The first-order valence-corrected chi connectivity index (χ1v) is 5.09. The van der Waals surface area contributed by atoms with Gasteiger partial charge >= 0.3 is 0 Å². The van der Waals surface area contributed by atoms with E-state index in [4.69, 9.17) is 23.2 Å². The van der Waals surface area contributed by atoms with Crippen molar-refractivity contribution in [3.05, 3.63) is 11.3 Å². The van der Waals surface area contributed by atoms with Gasteiger partial charge in [-0.25, -0.2) is 0 Å². The van der Waals surface area contributed by atoms with Crippen LogP contribution in [0.2, 0.25) is 5.15 Å². The smallest absolute Gasteiger partial charge is 0.224 e. The molecular weight excluding hydrogens is 225 g/mol. The minimum atomic E-state index is -0.0967. The lowest BCUT2D eigenvalue weighted by Crippen LogP contribution is -2.11. The Bertz CT molecular complexity index is 324. The van der Waals surface area contributed by atoms with Crippen molar-refractivity contribution in [2.45, 2.75) is 12.8 Å². The second-order valence-corrected chi connectivity index (χ2v) is 3.55. The number of hydrogen-bond donors (Lipinski definition) is 1. The summed E-state index contributed by atoms with van der Waals surface area (Å²) in [6, 6.07) is 0. The first-order chi connectivity index (χ1) is 6.65. The van der Waals surface area contributed by atoms with Crippen LogP contribution < -0.4 is 5.32 Å². The van der Waals surface area contributed by atoms with Crippen LogP contribution in [0.5, 0.6) is 0 Å². The highest BCUT2D eigenvalue weighted by Crippen LogP contribution is 2.19. The third-order valence-electron chi connectivity index (χ3n) is 1.68. The zero-order valence-electron chi connectivity index (χ0n) is 7.76. The Hall–Kier alpha value is -0.740. The monoisotopic (exact) mass is 235 g/mol. The third kappa shape index (κ3) is 2.89. The molecule has 0 aliphatic rings. The van der Waals surface area contributed by atoms with E-state index in [-0.39, 0.29) is 5.91 Å². The average Bonchev–Trinajstić information content (AvgIpc) is 2.46. The molecule has 4 nitrogen and oxygen atoms in total. The summed E-state index contributed by atoms with van der Waals surface area (Å²) >= 11 is 11.3. The summed E-state index contributed by atoms with van der Waals surface area (Å²) in [7, 11) is 1.71. The molecule has 0 aliphatic carbocycles. The first kappa shape index (κ1) is 11.3. The maximum Gasteiger partial charge on any atom is 0.224 e. The predicted molar refractivity (Wildman–Crippen MR) is 56.8 cm³/mol.